The molecule has 4 rings (SSSR count). The van der Waals surface area contributed by atoms with E-state index in [9.17, 15) is 9.59 Å². The molecule has 1 aliphatic heterocycles. The molecule has 0 aliphatic carbocycles. The second-order valence-electron chi connectivity index (χ2n) is 8.31. The number of amides is 2. The van der Waals surface area contributed by atoms with Crippen molar-refractivity contribution in [2.75, 3.05) is 25.7 Å². The number of hydrogen-bond acceptors (Lipinski definition) is 5. The number of aromatic nitrogens is 2. The standard InChI is InChI=1S/C24H28N4O4/c1-14(2)22(23-25-17-7-5-6-8-18(17)26-23)27-24(30)15-11-21(29)28(13-15)19-10-9-16(31-3)12-20(19)32-4/h5-10,12,14-15,22H,11,13H2,1-4H3,(H,25,26)(H,27,30)/t15-,22+/m1/s1. The van der Waals surface area contributed by atoms with Gasteiger partial charge < -0.3 is 24.7 Å². The summed E-state index contributed by atoms with van der Waals surface area (Å²) >= 11 is 0. The Hall–Kier alpha value is -3.55. The lowest BCUT2D eigenvalue weighted by molar-refractivity contribution is -0.127. The first kappa shape index (κ1) is 21.7. The molecule has 0 spiro atoms. The molecular formula is C24H28N4O4. The summed E-state index contributed by atoms with van der Waals surface area (Å²) in [4.78, 5) is 35.5. The van der Waals surface area contributed by atoms with Crippen LogP contribution in [-0.2, 0) is 9.59 Å². The van der Waals surface area contributed by atoms with Gasteiger partial charge in [0.1, 0.15) is 17.3 Å². The van der Waals surface area contributed by atoms with Gasteiger partial charge in [-0.2, -0.15) is 0 Å². The molecule has 8 nitrogen and oxygen atoms in total. The highest BCUT2D eigenvalue weighted by atomic mass is 16.5. The van der Waals surface area contributed by atoms with E-state index in [1.54, 1.807) is 37.3 Å². The van der Waals surface area contributed by atoms with Crippen molar-refractivity contribution in [2.45, 2.75) is 26.3 Å². The molecule has 1 saturated heterocycles. The number of carbonyl (C=O) groups excluding carboxylic acids is 2. The fourth-order valence-electron chi connectivity index (χ4n) is 4.07. The minimum Gasteiger partial charge on any atom is -0.497 e. The molecule has 2 amide bonds. The summed E-state index contributed by atoms with van der Waals surface area (Å²) in [5.41, 5.74) is 2.42. The molecule has 1 aromatic heterocycles. The predicted molar refractivity (Wildman–Crippen MR) is 122 cm³/mol. The zero-order valence-electron chi connectivity index (χ0n) is 18.7. The maximum atomic E-state index is 13.1. The maximum Gasteiger partial charge on any atom is 0.227 e. The largest absolute Gasteiger partial charge is 0.497 e. The lowest BCUT2D eigenvalue weighted by Gasteiger charge is -2.23. The summed E-state index contributed by atoms with van der Waals surface area (Å²) in [5.74, 6) is 1.27. The van der Waals surface area contributed by atoms with Crippen molar-refractivity contribution in [3.63, 3.8) is 0 Å². The highest BCUT2D eigenvalue weighted by Gasteiger charge is 2.37. The third-order valence-corrected chi connectivity index (χ3v) is 5.84. The lowest BCUT2D eigenvalue weighted by atomic mass is 10.0. The molecule has 3 aromatic rings. The van der Waals surface area contributed by atoms with Gasteiger partial charge in [-0.1, -0.05) is 26.0 Å². The Morgan fingerprint density at radius 1 is 1.19 bits per heavy atom. The molecule has 2 atom stereocenters. The smallest absolute Gasteiger partial charge is 0.227 e. The molecule has 32 heavy (non-hydrogen) atoms. The quantitative estimate of drug-likeness (QED) is 0.591. The van der Waals surface area contributed by atoms with Crippen LogP contribution < -0.4 is 19.7 Å². The van der Waals surface area contributed by atoms with Crippen LogP contribution in [0.4, 0.5) is 5.69 Å². The van der Waals surface area contributed by atoms with E-state index in [4.69, 9.17) is 9.47 Å². The average Bonchev–Trinajstić information content (AvgIpc) is 3.40. The Morgan fingerprint density at radius 2 is 1.97 bits per heavy atom. The SMILES string of the molecule is COc1ccc(N2C[C@H](C(=O)N[C@H](c3nc4ccccc4[nH]3)C(C)C)CC2=O)c(OC)c1. The highest BCUT2D eigenvalue weighted by molar-refractivity contribution is 6.01. The van der Waals surface area contributed by atoms with Crippen molar-refractivity contribution < 1.29 is 19.1 Å². The Bertz CT molecular complexity index is 1110. The van der Waals surface area contributed by atoms with Gasteiger partial charge in [0.2, 0.25) is 11.8 Å². The lowest BCUT2D eigenvalue weighted by Crippen LogP contribution is -2.38. The monoisotopic (exact) mass is 436 g/mol. The van der Waals surface area contributed by atoms with Gasteiger partial charge in [-0.05, 0) is 30.2 Å². The first-order valence-electron chi connectivity index (χ1n) is 10.7. The number of para-hydroxylation sites is 2. The number of methoxy groups -OCH3 is 2. The molecule has 1 aliphatic rings. The second kappa shape index (κ2) is 8.90. The first-order valence-corrected chi connectivity index (χ1v) is 10.7. The van der Waals surface area contributed by atoms with E-state index in [1.807, 2.05) is 38.1 Å². The van der Waals surface area contributed by atoms with Gasteiger partial charge in [0.25, 0.3) is 0 Å². The number of carbonyl (C=O) groups is 2. The minimum atomic E-state index is -0.458. The van der Waals surface area contributed by atoms with Crippen LogP contribution in [0.15, 0.2) is 42.5 Å². The number of benzene rings is 2. The molecular weight excluding hydrogens is 408 g/mol. The minimum absolute atomic E-state index is 0.113. The van der Waals surface area contributed by atoms with E-state index in [0.717, 1.165) is 11.0 Å². The number of H-pyrrole nitrogens is 1. The van der Waals surface area contributed by atoms with E-state index in [2.05, 4.69) is 15.3 Å². The number of aromatic amines is 1. The van der Waals surface area contributed by atoms with Crippen LogP contribution >= 0.6 is 0 Å². The van der Waals surface area contributed by atoms with Crippen LogP contribution in [0, 0.1) is 11.8 Å². The molecule has 1 fully saturated rings. The summed E-state index contributed by atoms with van der Waals surface area (Å²) in [6.45, 7) is 4.36. The number of nitrogens with zero attached hydrogens (tertiary/aromatic N) is 2. The molecule has 0 unspecified atom stereocenters. The van der Waals surface area contributed by atoms with Crippen molar-refractivity contribution >= 4 is 28.5 Å². The maximum absolute atomic E-state index is 13.1. The van der Waals surface area contributed by atoms with Crippen molar-refractivity contribution in [1.82, 2.24) is 15.3 Å². The highest BCUT2D eigenvalue weighted by Crippen LogP contribution is 2.36. The fourth-order valence-corrected chi connectivity index (χ4v) is 4.07. The zero-order valence-corrected chi connectivity index (χ0v) is 18.7. The molecule has 2 aromatic carbocycles. The number of fused-ring (bicyclic) bond motifs is 1. The van der Waals surface area contributed by atoms with Gasteiger partial charge in [-0.25, -0.2) is 4.98 Å². The van der Waals surface area contributed by atoms with Crippen LogP contribution in [0.1, 0.15) is 32.1 Å². The molecule has 8 heteroatoms. The molecule has 0 bridgehead atoms. The predicted octanol–water partition coefficient (Wildman–Crippen LogP) is 3.45. The van der Waals surface area contributed by atoms with Gasteiger partial charge in [0, 0.05) is 19.0 Å². The summed E-state index contributed by atoms with van der Waals surface area (Å²) in [7, 11) is 3.12. The van der Waals surface area contributed by atoms with Crippen molar-refractivity contribution in [1.29, 1.82) is 0 Å². The summed E-state index contributed by atoms with van der Waals surface area (Å²) < 4.78 is 10.7. The fraction of sp³-hybridized carbons (Fsp3) is 0.375. The first-order chi connectivity index (χ1) is 15.4. The van der Waals surface area contributed by atoms with E-state index in [-0.39, 0.29) is 36.7 Å². The molecule has 168 valence electrons. The van der Waals surface area contributed by atoms with Crippen molar-refractivity contribution in [3.8, 4) is 11.5 Å². The summed E-state index contributed by atoms with van der Waals surface area (Å²) in [5, 5.41) is 3.11. The third-order valence-electron chi connectivity index (χ3n) is 5.84. The van der Waals surface area contributed by atoms with E-state index in [0.29, 0.717) is 23.0 Å². The summed E-state index contributed by atoms with van der Waals surface area (Å²) in [6.07, 6.45) is 0.145. The molecule has 2 heterocycles. The number of imidazole rings is 1. The van der Waals surface area contributed by atoms with Gasteiger partial charge in [-0.15, -0.1) is 0 Å². The van der Waals surface area contributed by atoms with Crippen LogP contribution in [0.2, 0.25) is 0 Å². The average molecular weight is 437 g/mol. The number of nitrogens with one attached hydrogen (secondary N) is 2. The Morgan fingerprint density at radius 3 is 2.66 bits per heavy atom. The molecule has 0 saturated carbocycles. The Labute approximate surface area is 186 Å². The van der Waals surface area contributed by atoms with E-state index >= 15 is 0 Å². The number of rotatable bonds is 7. The third kappa shape index (κ3) is 4.12. The number of anilines is 1. The van der Waals surface area contributed by atoms with Crippen LogP contribution in [0.5, 0.6) is 11.5 Å². The number of hydrogen-bond donors (Lipinski definition) is 2. The molecule has 0 radical (unpaired) electrons. The van der Waals surface area contributed by atoms with Crippen LogP contribution in [0.3, 0.4) is 0 Å². The van der Waals surface area contributed by atoms with Crippen molar-refractivity contribution in [2.24, 2.45) is 11.8 Å². The Balaban J connectivity index is 1.51. The zero-order chi connectivity index (χ0) is 22.8. The normalized spacial score (nSPS) is 17.1. The second-order valence-corrected chi connectivity index (χ2v) is 8.31. The van der Waals surface area contributed by atoms with Gasteiger partial charge in [0.15, 0.2) is 0 Å². The van der Waals surface area contributed by atoms with Gasteiger partial charge >= 0.3 is 0 Å². The van der Waals surface area contributed by atoms with Crippen molar-refractivity contribution in [3.05, 3.63) is 48.3 Å². The van der Waals surface area contributed by atoms with Crippen LogP contribution in [0.25, 0.3) is 11.0 Å². The topological polar surface area (TPSA) is 96.5 Å². The van der Waals surface area contributed by atoms with Gasteiger partial charge in [-0.3, -0.25) is 9.59 Å². The number of ether oxygens (including phenoxy) is 2. The van der Waals surface area contributed by atoms with Gasteiger partial charge in [0.05, 0.1) is 42.9 Å². The van der Waals surface area contributed by atoms with E-state index in [1.165, 1.54) is 0 Å². The van der Waals surface area contributed by atoms with Crippen LogP contribution in [-0.4, -0.2) is 42.5 Å². The summed E-state index contributed by atoms with van der Waals surface area (Å²) in [6, 6.07) is 12.8. The van der Waals surface area contributed by atoms with E-state index < -0.39 is 5.92 Å². The molecule has 2 N–H and O–H groups in total. The Kier molecular flexibility index (Phi) is 6.03.